The van der Waals surface area contributed by atoms with Crippen LogP contribution in [0.2, 0.25) is 0 Å². The maximum atomic E-state index is 13.0. The first-order chi connectivity index (χ1) is 15.7. The van der Waals surface area contributed by atoms with Crippen molar-refractivity contribution in [3.8, 4) is 0 Å². The zero-order valence-electron chi connectivity index (χ0n) is 22.3. The van der Waals surface area contributed by atoms with Crippen molar-refractivity contribution in [1.29, 1.82) is 0 Å². The predicted octanol–water partition coefficient (Wildman–Crippen LogP) is 6.41. The molecule has 0 radical (unpaired) electrons. The fourth-order valence-corrected chi connectivity index (χ4v) is 10.5. The molecule has 8 atom stereocenters. The number of carboxylic acid groups (broad SMARTS) is 1. The van der Waals surface area contributed by atoms with Crippen molar-refractivity contribution in [1.82, 2.24) is 0 Å². The standard InChI is InChI=1S/C30H46O4/c1-25(2)13-15-30(24(33)34)16-14-28(5)19(20(30)17-25)7-8-22-26(3)11-10-23(32)27(4,18-31)21(26)9-12-29(22,28)6/h17,19,21-22,31H,7-16,18H2,1-6H3,(H,33,34)/t19-,21-,22-,26+,27-,28-,29-,30+/m1/s1. The van der Waals surface area contributed by atoms with E-state index in [0.29, 0.717) is 18.3 Å². The summed E-state index contributed by atoms with van der Waals surface area (Å²) in [5.74, 6) is 0.712. The summed E-state index contributed by atoms with van der Waals surface area (Å²) in [4.78, 5) is 25.7. The number of rotatable bonds is 2. The molecule has 4 nitrogen and oxygen atoms in total. The second-order valence-electron chi connectivity index (χ2n) is 14.6. The lowest BCUT2D eigenvalue weighted by atomic mass is 9.32. The van der Waals surface area contributed by atoms with E-state index in [1.54, 1.807) is 0 Å². The summed E-state index contributed by atoms with van der Waals surface area (Å²) >= 11 is 0. The molecule has 0 aromatic rings. The molecular weight excluding hydrogens is 424 g/mol. The van der Waals surface area contributed by atoms with Gasteiger partial charge in [0.15, 0.2) is 0 Å². The molecule has 190 valence electrons. The van der Waals surface area contributed by atoms with E-state index >= 15 is 0 Å². The lowest BCUT2D eigenvalue weighted by Crippen LogP contribution is -2.66. The van der Waals surface area contributed by atoms with Crippen LogP contribution in [0.15, 0.2) is 11.6 Å². The third-order valence-corrected chi connectivity index (χ3v) is 12.9. The first kappa shape index (κ1) is 24.5. The van der Waals surface area contributed by atoms with Gasteiger partial charge >= 0.3 is 5.97 Å². The summed E-state index contributed by atoms with van der Waals surface area (Å²) in [5.41, 5.74) is 0.249. The van der Waals surface area contributed by atoms with E-state index in [9.17, 15) is 19.8 Å². The van der Waals surface area contributed by atoms with Gasteiger partial charge in [-0.05, 0) is 97.2 Å². The molecule has 0 amide bonds. The number of carboxylic acids is 1. The first-order valence-electron chi connectivity index (χ1n) is 13.8. The van der Waals surface area contributed by atoms with Crippen molar-refractivity contribution >= 4 is 11.8 Å². The van der Waals surface area contributed by atoms with E-state index in [-0.39, 0.29) is 40.0 Å². The maximum Gasteiger partial charge on any atom is 0.313 e. The fourth-order valence-electron chi connectivity index (χ4n) is 10.5. The van der Waals surface area contributed by atoms with Crippen LogP contribution in [-0.4, -0.2) is 28.6 Å². The van der Waals surface area contributed by atoms with Gasteiger partial charge in [-0.25, -0.2) is 0 Å². The van der Waals surface area contributed by atoms with Crippen LogP contribution in [-0.2, 0) is 9.59 Å². The molecule has 4 saturated carbocycles. The van der Waals surface area contributed by atoms with Crippen molar-refractivity contribution in [2.75, 3.05) is 6.61 Å². The molecule has 5 rings (SSSR count). The van der Waals surface area contributed by atoms with E-state index in [1.165, 1.54) is 5.57 Å². The number of aliphatic hydroxyl groups excluding tert-OH is 1. The molecule has 5 aliphatic carbocycles. The molecule has 2 N–H and O–H groups in total. The second-order valence-corrected chi connectivity index (χ2v) is 14.6. The van der Waals surface area contributed by atoms with Crippen LogP contribution in [0.25, 0.3) is 0 Å². The average Bonchev–Trinajstić information content (AvgIpc) is 2.76. The number of fused-ring (bicyclic) bond motifs is 7. The minimum atomic E-state index is -0.670. The normalized spacial score (nSPS) is 51.9. The van der Waals surface area contributed by atoms with Gasteiger partial charge in [0.1, 0.15) is 5.78 Å². The van der Waals surface area contributed by atoms with Crippen LogP contribution in [0, 0.1) is 50.2 Å². The van der Waals surface area contributed by atoms with Gasteiger partial charge < -0.3 is 10.2 Å². The van der Waals surface area contributed by atoms with Crippen LogP contribution >= 0.6 is 0 Å². The van der Waals surface area contributed by atoms with Crippen LogP contribution in [0.5, 0.6) is 0 Å². The van der Waals surface area contributed by atoms with Crippen LogP contribution in [0.1, 0.15) is 106 Å². The Bertz CT molecular complexity index is 949. The number of allylic oxidation sites excluding steroid dienone is 1. The van der Waals surface area contributed by atoms with Crippen LogP contribution in [0.4, 0.5) is 0 Å². The minimum Gasteiger partial charge on any atom is -0.481 e. The average molecular weight is 471 g/mol. The van der Waals surface area contributed by atoms with Gasteiger partial charge in [-0.15, -0.1) is 0 Å². The zero-order valence-corrected chi connectivity index (χ0v) is 22.3. The number of carbonyl (C=O) groups is 2. The molecule has 0 bridgehead atoms. The molecule has 4 fully saturated rings. The van der Waals surface area contributed by atoms with E-state index in [2.05, 4.69) is 40.7 Å². The number of carbonyl (C=O) groups excluding carboxylic acids is 1. The van der Waals surface area contributed by atoms with Gasteiger partial charge in [-0.2, -0.15) is 0 Å². The van der Waals surface area contributed by atoms with Gasteiger partial charge in [-0.3, -0.25) is 9.59 Å². The van der Waals surface area contributed by atoms with Crippen LogP contribution < -0.4 is 0 Å². The summed E-state index contributed by atoms with van der Waals surface area (Å²) in [6.45, 7) is 13.9. The SMILES string of the molecule is CC1(C)C=C2[C@H]3CC[C@@H]4[C@@]5(C)CCC(=O)[C@](C)(CO)[C@@H]5CC[C@@]4(C)[C@]3(C)CC[C@@]2(C(=O)O)CC1. The monoisotopic (exact) mass is 470 g/mol. The minimum absolute atomic E-state index is 0.0431. The molecule has 0 heterocycles. The highest BCUT2D eigenvalue weighted by Crippen LogP contribution is 2.76. The molecule has 4 heteroatoms. The number of hydrogen-bond donors (Lipinski definition) is 2. The Kier molecular flexibility index (Phi) is 5.20. The third-order valence-electron chi connectivity index (χ3n) is 12.9. The van der Waals surface area contributed by atoms with Crippen LogP contribution in [0.3, 0.4) is 0 Å². The second kappa shape index (κ2) is 7.20. The molecule has 0 aliphatic heterocycles. The highest BCUT2D eigenvalue weighted by Gasteiger charge is 2.70. The Morgan fingerprint density at radius 1 is 0.882 bits per heavy atom. The van der Waals surface area contributed by atoms with Crippen molar-refractivity contribution in [3.63, 3.8) is 0 Å². The van der Waals surface area contributed by atoms with E-state index in [0.717, 1.165) is 57.8 Å². The van der Waals surface area contributed by atoms with Gasteiger partial charge in [0.25, 0.3) is 0 Å². The highest BCUT2D eigenvalue weighted by molar-refractivity contribution is 5.86. The number of aliphatic carboxylic acids is 1. The Morgan fingerprint density at radius 3 is 2.21 bits per heavy atom. The highest BCUT2D eigenvalue weighted by atomic mass is 16.4. The summed E-state index contributed by atoms with van der Waals surface area (Å²) < 4.78 is 0. The summed E-state index contributed by atoms with van der Waals surface area (Å²) in [6, 6.07) is 0. The smallest absolute Gasteiger partial charge is 0.313 e. The fraction of sp³-hybridized carbons (Fsp3) is 0.867. The molecule has 5 aliphatic rings. The Labute approximate surface area is 206 Å². The topological polar surface area (TPSA) is 74.6 Å². The number of hydrogen-bond acceptors (Lipinski definition) is 3. The quantitative estimate of drug-likeness (QED) is 0.457. The largest absolute Gasteiger partial charge is 0.481 e. The summed E-state index contributed by atoms with van der Waals surface area (Å²) in [5, 5.41) is 20.8. The predicted molar refractivity (Wildman–Crippen MR) is 133 cm³/mol. The molecule has 0 aromatic carbocycles. The summed E-state index contributed by atoms with van der Waals surface area (Å²) in [6.07, 6.45) is 11.6. The van der Waals surface area contributed by atoms with Gasteiger partial charge in [0.2, 0.25) is 0 Å². The van der Waals surface area contributed by atoms with Gasteiger partial charge in [-0.1, -0.05) is 53.2 Å². The first-order valence-corrected chi connectivity index (χ1v) is 13.8. The van der Waals surface area contributed by atoms with E-state index < -0.39 is 16.8 Å². The van der Waals surface area contributed by atoms with Gasteiger partial charge in [0, 0.05) is 6.42 Å². The lowest BCUT2D eigenvalue weighted by Gasteiger charge is -2.71. The molecule has 34 heavy (non-hydrogen) atoms. The van der Waals surface area contributed by atoms with Crippen molar-refractivity contribution in [2.45, 2.75) is 106 Å². The Morgan fingerprint density at radius 2 is 1.56 bits per heavy atom. The van der Waals surface area contributed by atoms with E-state index in [1.807, 2.05) is 6.92 Å². The number of aliphatic hydroxyl groups is 1. The molecular formula is C30H46O4. The molecule has 0 aromatic heterocycles. The Hall–Kier alpha value is -1.16. The maximum absolute atomic E-state index is 13.0. The Balaban J connectivity index is 1.59. The van der Waals surface area contributed by atoms with Crippen molar-refractivity contribution in [2.24, 2.45) is 50.2 Å². The van der Waals surface area contributed by atoms with Crippen molar-refractivity contribution < 1.29 is 19.8 Å². The lowest BCUT2D eigenvalue weighted by molar-refractivity contribution is -0.217. The molecule has 0 saturated heterocycles. The van der Waals surface area contributed by atoms with Gasteiger partial charge in [0.05, 0.1) is 17.4 Å². The summed E-state index contributed by atoms with van der Waals surface area (Å²) in [7, 11) is 0. The molecule has 0 unspecified atom stereocenters. The van der Waals surface area contributed by atoms with Crippen molar-refractivity contribution in [3.05, 3.63) is 11.6 Å². The third kappa shape index (κ3) is 2.81. The zero-order chi connectivity index (χ0) is 24.9. The molecule has 0 spiro atoms. The van der Waals surface area contributed by atoms with E-state index in [4.69, 9.17) is 0 Å². The number of Topliss-reactive ketones (excluding diaryl/α,β-unsaturated/α-hetero) is 1. The number of ketones is 1.